The summed E-state index contributed by atoms with van der Waals surface area (Å²) in [5.41, 5.74) is 5.04. The zero-order chi connectivity index (χ0) is 11.8. The summed E-state index contributed by atoms with van der Waals surface area (Å²) in [6.07, 6.45) is 3.42. The van der Waals surface area contributed by atoms with Gasteiger partial charge in [-0.05, 0) is 37.5 Å². The first-order valence-electron chi connectivity index (χ1n) is 6.14. The number of nitrogens with one attached hydrogen (secondary N) is 1. The highest BCUT2D eigenvalue weighted by atomic mass is 32.2. The Balaban J connectivity index is 1.90. The average molecular weight is 242 g/mol. The Kier molecular flexibility index (Phi) is 3.50. The second-order valence-corrected chi connectivity index (χ2v) is 7.10. The van der Waals surface area contributed by atoms with Crippen LogP contribution in [0.4, 0.5) is 0 Å². The van der Waals surface area contributed by atoms with Crippen molar-refractivity contribution in [3.63, 3.8) is 0 Å². The first-order chi connectivity index (χ1) is 7.49. The lowest BCUT2D eigenvalue weighted by Crippen LogP contribution is -2.47. The molecule has 0 aliphatic carbocycles. The lowest BCUT2D eigenvalue weighted by molar-refractivity contribution is -0.126. The van der Waals surface area contributed by atoms with Gasteiger partial charge in [0.25, 0.3) is 0 Å². The minimum absolute atomic E-state index is 0.185. The van der Waals surface area contributed by atoms with Crippen molar-refractivity contribution in [1.29, 1.82) is 0 Å². The van der Waals surface area contributed by atoms with Crippen LogP contribution in [-0.4, -0.2) is 29.5 Å². The van der Waals surface area contributed by atoms with Crippen molar-refractivity contribution in [3.05, 3.63) is 0 Å². The van der Waals surface area contributed by atoms with E-state index in [0.717, 1.165) is 24.1 Å². The molecule has 2 aliphatic heterocycles. The molecule has 2 rings (SSSR count). The number of carbonyl (C=O) groups excluding carboxylic acids is 1. The van der Waals surface area contributed by atoms with E-state index in [9.17, 15) is 4.79 Å². The van der Waals surface area contributed by atoms with Crippen LogP contribution >= 0.6 is 11.8 Å². The summed E-state index contributed by atoms with van der Waals surface area (Å²) in [5.74, 6) is 1.98. The van der Waals surface area contributed by atoms with Crippen LogP contribution < -0.4 is 11.1 Å². The molecule has 0 aromatic carbocycles. The minimum atomic E-state index is -0.381. The molecule has 4 heteroatoms. The summed E-state index contributed by atoms with van der Waals surface area (Å²) in [6.45, 7) is 5.02. The van der Waals surface area contributed by atoms with Crippen molar-refractivity contribution in [2.24, 2.45) is 17.1 Å². The number of hydrogen-bond donors (Lipinski definition) is 2. The maximum absolute atomic E-state index is 11.3. The number of rotatable bonds is 3. The smallest absolute Gasteiger partial charge is 0.223 e. The van der Waals surface area contributed by atoms with E-state index in [2.05, 4.69) is 17.1 Å². The van der Waals surface area contributed by atoms with Gasteiger partial charge in [-0.1, -0.05) is 13.8 Å². The van der Waals surface area contributed by atoms with Crippen LogP contribution in [0.3, 0.4) is 0 Å². The molecule has 0 bridgehead atoms. The summed E-state index contributed by atoms with van der Waals surface area (Å²) >= 11 is 2.11. The van der Waals surface area contributed by atoms with E-state index in [1.165, 1.54) is 18.6 Å². The fraction of sp³-hybridized carbons (Fsp3) is 0.917. The molecule has 0 radical (unpaired) electrons. The first-order valence-corrected chi connectivity index (χ1v) is 7.19. The van der Waals surface area contributed by atoms with Gasteiger partial charge >= 0.3 is 0 Å². The molecular formula is C12H22N2OS. The largest absolute Gasteiger partial charge is 0.369 e. The van der Waals surface area contributed by atoms with E-state index < -0.39 is 0 Å². The molecule has 1 amide bonds. The highest BCUT2D eigenvalue weighted by Crippen LogP contribution is 2.39. The van der Waals surface area contributed by atoms with Crippen molar-refractivity contribution in [3.8, 4) is 0 Å². The normalized spacial score (nSPS) is 34.8. The SMILES string of the molecule is CC(C)(CC1CC2SCCC2CN1)C(N)=O. The Morgan fingerprint density at radius 2 is 2.31 bits per heavy atom. The van der Waals surface area contributed by atoms with Gasteiger partial charge in [0.05, 0.1) is 0 Å². The number of thioether (sulfide) groups is 1. The van der Waals surface area contributed by atoms with E-state index in [0.29, 0.717) is 6.04 Å². The van der Waals surface area contributed by atoms with Crippen LogP contribution in [0, 0.1) is 11.3 Å². The summed E-state index contributed by atoms with van der Waals surface area (Å²) in [4.78, 5) is 11.3. The van der Waals surface area contributed by atoms with Gasteiger partial charge in [-0.3, -0.25) is 4.79 Å². The predicted octanol–water partition coefficient (Wildman–Crippen LogP) is 1.37. The number of primary amides is 1. The van der Waals surface area contributed by atoms with Crippen molar-refractivity contribution in [2.45, 2.75) is 44.4 Å². The summed E-state index contributed by atoms with van der Waals surface area (Å²) in [7, 11) is 0. The van der Waals surface area contributed by atoms with Crippen LogP contribution in [0.1, 0.15) is 33.1 Å². The highest BCUT2D eigenvalue weighted by molar-refractivity contribution is 8.00. The molecular weight excluding hydrogens is 220 g/mol. The topological polar surface area (TPSA) is 55.1 Å². The van der Waals surface area contributed by atoms with Crippen molar-refractivity contribution < 1.29 is 4.79 Å². The number of amides is 1. The third-order valence-corrected chi connectivity index (χ3v) is 5.43. The number of carbonyl (C=O) groups is 1. The standard InChI is InChI=1S/C12H22N2OS/c1-12(2,11(13)15)6-9-5-10-8(7-14-9)3-4-16-10/h8-10,14H,3-7H2,1-2H3,(H2,13,15). The van der Waals surface area contributed by atoms with Crippen LogP contribution in [0.25, 0.3) is 0 Å². The molecule has 3 unspecified atom stereocenters. The number of piperidine rings is 1. The number of nitrogens with two attached hydrogens (primary N) is 1. The lowest BCUT2D eigenvalue weighted by atomic mass is 9.81. The van der Waals surface area contributed by atoms with Gasteiger partial charge in [0, 0.05) is 16.7 Å². The van der Waals surface area contributed by atoms with E-state index in [4.69, 9.17) is 5.73 Å². The molecule has 2 heterocycles. The fourth-order valence-corrected chi connectivity index (χ4v) is 4.36. The average Bonchev–Trinajstić information content (AvgIpc) is 2.63. The van der Waals surface area contributed by atoms with Crippen LogP contribution in [0.5, 0.6) is 0 Å². The second-order valence-electron chi connectivity index (χ2n) is 5.75. The highest BCUT2D eigenvalue weighted by Gasteiger charge is 2.37. The second kappa shape index (κ2) is 4.57. The lowest BCUT2D eigenvalue weighted by Gasteiger charge is -2.35. The minimum Gasteiger partial charge on any atom is -0.369 e. The molecule has 2 aliphatic rings. The zero-order valence-electron chi connectivity index (χ0n) is 10.2. The zero-order valence-corrected chi connectivity index (χ0v) is 11.0. The Hall–Kier alpha value is -0.220. The van der Waals surface area contributed by atoms with Crippen LogP contribution in [-0.2, 0) is 4.79 Å². The van der Waals surface area contributed by atoms with Gasteiger partial charge in [-0.15, -0.1) is 0 Å². The Bertz CT molecular complexity index is 280. The van der Waals surface area contributed by atoms with Gasteiger partial charge in [-0.2, -0.15) is 11.8 Å². The van der Waals surface area contributed by atoms with E-state index in [-0.39, 0.29) is 11.3 Å². The van der Waals surface area contributed by atoms with Crippen molar-refractivity contribution in [1.82, 2.24) is 5.32 Å². The summed E-state index contributed by atoms with van der Waals surface area (Å²) in [6, 6.07) is 0.467. The number of fused-ring (bicyclic) bond motifs is 1. The van der Waals surface area contributed by atoms with Crippen molar-refractivity contribution >= 4 is 17.7 Å². The molecule has 2 saturated heterocycles. The van der Waals surface area contributed by atoms with Gasteiger partial charge in [0.2, 0.25) is 5.91 Å². The maximum Gasteiger partial charge on any atom is 0.223 e. The van der Waals surface area contributed by atoms with Crippen LogP contribution in [0.2, 0.25) is 0 Å². The fourth-order valence-electron chi connectivity index (χ4n) is 2.74. The Morgan fingerprint density at radius 1 is 1.56 bits per heavy atom. The maximum atomic E-state index is 11.3. The van der Waals surface area contributed by atoms with Crippen LogP contribution in [0.15, 0.2) is 0 Å². The first kappa shape index (κ1) is 12.2. The Morgan fingerprint density at radius 3 is 3.00 bits per heavy atom. The van der Waals surface area contributed by atoms with E-state index >= 15 is 0 Å². The monoisotopic (exact) mass is 242 g/mol. The third-order valence-electron chi connectivity index (χ3n) is 3.96. The van der Waals surface area contributed by atoms with Gasteiger partial charge < -0.3 is 11.1 Å². The quantitative estimate of drug-likeness (QED) is 0.786. The molecule has 3 N–H and O–H groups in total. The molecule has 16 heavy (non-hydrogen) atoms. The Labute approximate surface area is 102 Å². The van der Waals surface area contributed by atoms with E-state index in [1.807, 2.05) is 13.8 Å². The van der Waals surface area contributed by atoms with Gasteiger partial charge in [0.1, 0.15) is 0 Å². The van der Waals surface area contributed by atoms with Gasteiger partial charge in [-0.25, -0.2) is 0 Å². The molecule has 0 aromatic rings. The molecule has 92 valence electrons. The molecule has 0 aromatic heterocycles. The van der Waals surface area contributed by atoms with Gasteiger partial charge in [0.15, 0.2) is 0 Å². The molecule has 0 saturated carbocycles. The predicted molar refractivity (Wildman–Crippen MR) is 68.4 cm³/mol. The molecule has 3 atom stereocenters. The molecule has 0 spiro atoms. The third kappa shape index (κ3) is 2.54. The summed E-state index contributed by atoms with van der Waals surface area (Å²) in [5, 5.41) is 4.40. The molecule has 2 fully saturated rings. The van der Waals surface area contributed by atoms with Crippen molar-refractivity contribution in [2.75, 3.05) is 12.3 Å². The molecule has 3 nitrogen and oxygen atoms in total. The summed E-state index contributed by atoms with van der Waals surface area (Å²) < 4.78 is 0. The van der Waals surface area contributed by atoms with E-state index in [1.54, 1.807) is 0 Å². The number of hydrogen-bond acceptors (Lipinski definition) is 3.